The van der Waals surface area contributed by atoms with Gasteiger partial charge in [0.1, 0.15) is 5.82 Å². The molecule has 1 nitrogen and oxygen atoms in total. The highest BCUT2D eigenvalue weighted by Gasteiger charge is 2.04. The molecular weight excluding hydrogens is 215 g/mol. The third kappa shape index (κ3) is 3.84. The van der Waals surface area contributed by atoms with E-state index in [1.165, 1.54) is 12.1 Å². The number of hydrogen-bond donors (Lipinski definition) is 0. The molecule has 0 aliphatic heterocycles. The number of allylic oxidation sites excluding steroid dienone is 2. The van der Waals surface area contributed by atoms with Crippen molar-refractivity contribution in [2.75, 3.05) is 0 Å². The number of hydrogen-bond acceptors (Lipinski definition) is 1. The van der Waals surface area contributed by atoms with Gasteiger partial charge in [-0.2, -0.15) is 0 Å². The van der Waals surface area contributed by atoms with Gasteiger partial charge >= 0.3 is 0 Å². The Hall–Kier alpha value is -1.15. The summed E-state index contributed by atoms with van der Waals surface area (Å²) in [4.78, 5) is 11.4. The van der Waals surface area contributed by atoms with Crippen LogP contribution in [0.3, 0.4) is 0 Å². The van der Waals surface area contributed by atoms with Gasteiger partial charge in [-0.3, -0.25) is 4.79 Å². The number of carbonyl (C=O) groups excluding carboxylic acids is 1. The van der Waals surface area contributed by atoms with Crippen molar-refractivity contribution in [1.82, 2.24) is 0 Å². The first kappa shape index (κ1) is 11.9. The number of halogens is 2. The lowest BCUT2D eigenvalue weighted by Crippen LogP contribution is -1.99. The van der Waals surface area contributed by atoms with Crippen LogP contribution in [0.2, 0.25) is 5.02 Å². The fourth-order valence-corrected chi connectivity index (χ4v) is 1.43. The van der Waals surface area contributed by atoms with E-state index < -0.39 is 5.82 Å². The topological polar surface area (TPSA) is 17.1 Å². The Labute approximate surface area is 93.6 Å². The lowest BCUT2D eigenvalue weighted by Gasteiger charge is -2.00. The van der Waals surface area contributed by atoms with Crippen LogP contribution in [0.4, 0.5) is 4.39 Å². The molecule has 0 atom stereocenters. The maximum Gasteiger partial charge on any atom is 0.159 e. The van der Waals surface area contributed by atoms with E-state index >= 15 is 0 Å². The van der Waals surface area contributed by atoms with Gasteiger partial charge in [0.2, 0.25) is 0 Å². The molecule has 0 aliphatic rings. The van der Waals surface area contributed by atoms with Crippen LogP contribution in [-0.2, 0) is 11.2 Å². The summed E-state index contributed by atoms with van der Waals surface area (Å²) in [5, 5.41) is 0.0532. The van der Waals surface area contributed by atoms with Crippen molar-refractivity contribution in [3.63, 3.8) is 0 Å². The maximum atomic E-state index is 12.8. The molecule has 15 heavy (non-hydrogen) atoms. The normalized spacial score (nSPS) is 9.87. The Bertz CT molecular complexity index is 406. The largest absolute Gasteiger partial charge is 0.294 e. The molecule has 0 radical (unpaired) electrons. The number of benzene rings is 1. The standard InChI is InChI=1S/C12H12ClFO/c1-8(2)5-10(15)6-9-3-4-12(14)11(13)7-9/h3-5,7H,6H2,1-2H3. The minimum atomic E-state index is -0.463. The first-order valence-electron chi connectivity index (χ1n) is 4.60. The lowest BCUT2D eigenvalue weighted by atomic mass is 10.1. The van der Waals surface area contributed by atoms with E-state index in [1.807, 2.05) is 13.8 Å². The minimum Gasteiger partial charge on any atom is -0.294 e. The molecule has 0 N–H and O–H groups in total. The first-order valence-corrected chi connectivity index (χ1v) is 4.98. The molecule has 0 fully saturated rings. The summed E-state index contributed by atoms with van der Waals surface area (Å²) >= 11 is 5.60. The molecule has 0 bridgehead atoms. The maximum absolute atomic E-state index is 12.8. The smallest absolute Gasteiger partial charge is 0.159 e. The predicted molar refractivity (Wildman–Crippen MR) is 59.6 cm³/mol. The molecule has 0 saturated heterocycles. The monoisotopic (exact) mass is 226 g/mol. The molecule has 0 unspecified atom stereocenters. The molecule has 0 aromatic heterocycles. The highest BCUT2D eigenvalue weighted by atomic mass is 35.5. The number of rotatable bonds is 3. The molecule has 0 spiro atoms. The lowest BCUT2D eigenvalue weighted by molar-refractivity contribution is -0.114. The second-order valence-electron chi connectivity index (χ2n) is 3.61. The highest BCUT2D eigenvalue weighted by Crippen LogP contribution is 2.16. The van der Waals surface area contributed by atoms with Crippen molar-refractivity contribution >= 4 is 17.4 Å². The van der Waals surface area contributed by atoms with Gasteiger partial charge in [-0.15, -0.1) is 0 Å². The van der Waals surface area contributed by atoms with E-state index in [2.05, 4.69) is 0 Å². The van der Waals surface area contributed by atoms with Crippen molar-refractivity contribution in [2.24, 2.45) is 0 Å². The van der Waals surface area contributed by atoms with Crippen LogP contribution in [0.25, 0.3) is 0 Å². The van der Waals surface area contributed by atoms with Crippen molar-refractivity contribution in [1.29, 1.82) is 0 Å². The van der Waals surface area contributed by atoms with Crippen LogP contribution < -0.4 is 0 Å². The van der Waals surface area contributed by atoms with E-state index in [0.29, 0.717) is 0 Å². The van der Waals surface area contributed by atoms with Gasteiger partial charge in [-0.1, -0.05) is 23.2 Å². The molecule has 1 aromatic rings. The summed E-state index contributed by atoms with van der Waals surface area (Å²) in [6.07, 6.45) is 1.82. The summed E-state index contributed by atoms with van der Waals surface area (Å²) in [5.74, 6) is -0.465. The quantitative estimate of drug-likeness (QED) is 0.721. The van der Waals surface area contributed by atoms with Crippen molar-refractivity contribution < 1.29 is 9.18 Å². The molecule has 1 rings (SSSR count). The van der Waals surface area contributed by atoms with Crippen molar-refractivity contribution in [3.8, 4) is 0 Å². The van der Waals surface area contributed by atoms with Gasteiger partial charge in [0, 0.05) is 6.42 Å². The fourth-order valence-electron chi connectivity index (χ4n) is 1.22. The molecule has 80 valence electrons. The van der Waals surface area contributed by atoms with Crippen LogP contribution in [0, 0.1) is 5.82 Å². The van der Waals surface area contributed by atoms with Crippen molar-refractivity contribution in [3.05, 3.63) is 46.3 Å². The van der Waals surface area contributed by atoms with Crippen molar-refractivity contribution in [2.45, 2.75) is 20.3 Å². The third-order valence-corrected chi connectivity index (χ3v) is 2.10. The van der Waals surface area contributed by atoms with E-state index in [9.17, 15) is 9.18 Å². The first-order chi connectivity index (χ1) is 6.99. The molecular formula is C12H12ClFO. The Morgan fingerprint density at radius 1 is 1.47 bits per heavy atom. The fraction of sp³-hybridized carbons (Fsp3) is 0.250. The van der Waals surface area contributed by atoms with Crippen LogP contribution >= 0.6 is 11.6 Å². The van der Waals surface area contributed by atoms with E-state index in [4.69, 9.17) is 11.6 Å². The van der Waals surface area contributed by atoms with Crippen LogP contribution in [-0.4, -0.2) is 5.78 Å². The van der Waals surface area contributed by atoms with E-state index in [0.717, 1.165) is 11.1 Å². The van der Waals surface area contributed by atoms with Gasteiger partial charge < -0.3 is 0 Å². The zero-order chi connectivity index (χ0) is 11.4. The zero-order valence-electron chi connectivity index (χ0n) is 8.68. The highest BCUT2D eigenvalue weighted by molar-refractivity contribution is 6.30. The molecule has 0 amide bonds. The van der Waals surface area contributed by atoms with Crippen LogP contribution in [0.15, 0.2) is 29.8 Å². The Balaban J connectivity index is 2.78. The van der Waals surface area contributed by atoms with Gasteiger partial charge in [0.15, 0.2) is 5.78 Å². The van der Waals surface area contributed by atoms with Gasteiger partial charge in [-0.05, 0) is 37.6 Å². The number of carbonyl (C=O) groups is 1. The minimum absolute atomic E-state index is 0.00215. The summed E-state index contributed by atoms with van der Waals surface area (Å²) < 4.78 is 12.8. The Kier molecular flexibility index (Phi) is 4.04. The second-order valence-corrected chi connectivity index (χ2v) is 4.02. The third-order valence-electron chi connectivity index (χ3n) is 1.81. The number of ketones is 1. The molecule has 0 heterocycles. The van der Waals surface area contributed by atoms with E-state index in [-0.39, 0.29) is 17.2 Å². The predicted octanol–water partition coefficient (Wildman–Crippen LogP) is 3.56. The summed E-state index contributed by atoms with van der Waals surface area (Å²) in [7, 11) is 0. The molecule has 0 saturated carbocycles. The molecule has 1 aromatic carbocycles. The van der Waals surface area contributed by atoms with Gasteiger partial charge in [0.25, 0.3) is 0 Å². The average Bonchev–Trinajstić information content (AvgIpc) is 2.10. The average molecular weight is 227 g/mol. The zero-order valence-corrected chi connectivity index (χ0v) is 9.44. The van der Waals surface area contributed by atoms with Gasteiger partial charge in [-0.25, -0.2) is 4.39 Å². The van der Waals surface area contributed by atoms with Crippen LogP contribution in [0.5, 0.6) is 0 Å². The molecule has 0 aliphatic carbocycles. The summed E-state index contributed by atoms with van der Waals surface area (Å²) in [5.41, 5.74) is 1.68. The Morgan fingerprint density at radius 3 is 2.67 bits per heavy atom. The second kappa shape index (κ2) is 5.08. The summed E-state index contributed by atoms with van der Waals surface area (Å²) in [6.45, 7) is 3.71. The SMILES string of the molecule is CC(C)=CC(=O)Cc1ccc(F)c(Cl)c1. The summed E-state index contributed by atoms with van der Waals surface area (Å²) in [6, 6.07) is 4.32. The molecule has 3 heteroatoms. The van der Waals surface area contributed by atoms with Gasteiger partial charge in [0.05, 0.1) is 5.02 Å². The van der Waals surface area contributed by atoms with E-state index in [1.54, 1.807) is 12.1 Å². The Morgan fingerprint density at radius 2 is 2.13 bits per heavy atom. The van der Waals surface area contributed by atoms with Crippen LogP contribution in [0.1, 0.15) is 19.4 Å².